The number of hydrogen-bond acceptors (Lipinski definition) is 3. The first-order valence-corrected chi connectivity index (χ1v) is 7.47. The zero-order valence-electron chi connectivity index (χ0n) is 10.7. The molecule has 1 aromatic carbocycles. The van der Waals surface area contributed by atoms with E-state index in [0.717, 1.165) is 20.6 Å². The fourth-order valence-electron chi connectivity index (χ4n) is 1.97. The van der Waals surface area contributed by atoms with E-state index >= 15 is 0 Å². The first-order valence-electron chi connectivity index (χ1n) is 5.86. The first kappa shape index (κ1) is 14.1. The average molecular weight is 339 g/mol. The van der Waals surface area contributed by atoms with Crippen molar-refractivity contribution >= 4 is 38.9 Å². The van der Waals surface area contributed by atoms with Crippen LogP contribution in [-0.4, -0.2) is 5.91 Å². The third kappa shape index (κ3) is 3.16. The van der Waals surface area contributed by atoms with E-state index in [0.29, 0.717) is 0 Å². The molecule has 2 rings (SSSR count). The summed E-state index contributed by atoms with van der Waals surface area (Å²) in [7, 11) is 0. The van der Waals surface area contributed by atoms with Crippen LogP contribution in [0, 0.1) is 13.8 Å². The summed E-state index contributed by atoms with van der Waals surface area (Å²) >= 11 is 5.13. The maximum atomic E-state index is 11.7. The Morgan fingerprint density at radius 1 is 1.37 bits per heavy atom. The summed E-state index contributed by atoms with van der Waals surface area (Å²) in [6.07, 6.45) is 0. The second kappa shape index (κ2) is 5.75. The van der Waals surface area contributed by atoms with Gasteiger partial charge >= 0.3 is 0 Å². The van der Waals surface area contributed by atoms with Crippen LogP contribution in [-0.2, 0) is 4.79 Å². The maximum Gasteiger partial charge on any atom is 0.244 e. The van der Waals surface area contributed by atoms with Gasteiger partial charge in [0.25, 0.3) is 0 Å². The highest BCUT2D eigenvalue weighted by Crippen LogP contribution is 2.31. The maximum absolute atomic E-state index is 11.7. The van der Waals surface area contributed by atoms with Crippen molar-refractivity contribution in [2.24, 2.45) is 5.73 Å². The summed E-state index contributed by atoms with van der Waals surface area (Å²) in [5, 5.41) is 3.20. The van der Waals surface area contributed by atoms with Crippen LogP contribution in [0.1, 0.15) is 21.4 Å². The second-order valence-corrected chi connectivity index (χ2v) is 6.64. The van der Waals surface area contributed by atoms with Crippen LogP contribution < -0.4 is 11.1 Å². The molecule has 0 aliphatic carbocycles. The van der Waals surface area contributed by atoms with E-state index in [1.54, 1.807) is 11.3 Å². The van der Waals surface area contributed by atoms with E-state index < -0.39 is 6.04 Å². The molecule has 3 N–H and O–H groups in total. The number of hydrogen-bond donors (Lipinski definition) is 2. The average Bonchev–Trinajstić information content (AvgIpc) is 2.67. The number of primary amides is 1. The molecule has 0 aliphatic heterocycles. The molecule has 0 fully saturated rings. The Morgan fingerprint density at radius 3 is 2.58 bits per heavy atom. The van der Waals surface area contributed by atoms with Gasteiger partial charge in [0.15, 0.2) is 0 Å². The van der Waals surface area contributed by atoms with Gasteiger partial charge in [-0.15, -0.1) is 11.3 Å². The van der Waals surface area contributed by atoms with Crippen molar-refractivity contribution in [1.29, 1.82) is 0 Å². The van der Waals surface area contributed by atoms with Crippen LogP contribution in [0.4, 0.5) is 5.69 Å². The largest absolute Gasteiger partial charge is 0.369 e. The standard InChI is InChI=1S/C14H15BrN2OS/c1-8-7-10(9(2)19-8)13(14(16)18)17-12-6-4-3-5-11(12)15/h3-7,13,17H,1-2H3,(H2,16,18). The molecule has 0 bridgehead atoms. The number of thiophene rings is 1. The number of carbonyl (C=O) groups is 1. The molecule has 1 aromatic heterocycles. The van der Waals surface area contributed by atoms with E-state index in [9.17, 15) is 4.79 Å². The number of carbonyl (C=O) groups excluding carboxylic acids is 1. The minimum absolute atomic E-state index is 0.378. The summed E-state index contributed by atoms with van der Waals surface area (Å²) in [5.41, 5.74) is 7.34. The normalized spacial score (nSPS) is 12.2. The van der Waals surface area contributed by atoms with Crippen LogP contribution >= 0.6 is 27.3 Å². The molecule has 3 nitrogen and oxygen atoms in total. The van der Waals surface area contributed by atoms with E-state index in [1.165, 1.54) is 4.88 Å². The lowest BCUT2D eigenvalue weighted by Crippen LogP contribution is -2.28. The van der Waals surface area contributed by atoms with Crippen molar-refractivity contribution < 1.29 is 4.79 Å². The van der Waals surface area contributed by atoms with Gasteiger partial charge in [0.1, 0.15) is 6.04 Å². The number of anilines is 1. The Balaban J connectivity index is 2.35. The first-order chi connectivity index (χ1) is 8.99. The molecule has 0 saturated heterocycles. The van der Waals surface area contributed by atoms with Gasteiger partial charge in [-0.2, -0.15) is 0 Å². The highest BCUT2D eigenvalue weighted by Gasteiger charge is 2.21. The molecule has 1 unspecified atom stereocenters. The van der Waals surface area contributed by atoms with Gasteiger partial charge in [-0.3, -0.25) is 4.79 Å². The monoisotopic (exact) mass is 338 g/mol. The van der Waals surface area contributed by atoms with Crippen molar-refractivity contribution in [2.75, 3.05) is 5.32 Å². The van der Waals surface area contributed by atoms with Crippen LogP contribution in [0.25, 0.3) is 0 Å². The van der Waals surface area contributed by atoms with Gasteiger partial charge in [0, 0.05) is 19.9 Å². The summed E-state index contributed by atoms with van der Waals surface area (Å²) in [6.45, 7) is 4.03. The second-order valence-electron chi connectivity index (χ2n) is 4.33. The molecule has 1 amide bonds. The number of para-hydroxylation sites is 1. The van der Waals surface area contributed by atoms with Crippen LogP contribution in [0.5, 0.6) is 0 Å². The Bertz CT molecular complexity index is 609. The van der Waals surface area contributed by atoms with Gasteiger partial charge in [0.2, 0.25) is 5.91 Å². The molecule has 0 spiro atoms. The molecule has 19 heavy (non-hydrogen) atoms. The number of benzene rings is 1. The summed E-state index contributed by atoms with van der Waals surface area (Å²) in [5.74, 6) is -0.378. The topological polar surface area (TPSA) is 55.1 Å². The summed E-state index contributed by atoms with van der Waals surface area (Å²) < 4.78 is 0.908. The molecular weight excluding hydrogens is 324 g/mol. The van der Waals surface area contributed by atoms with Gasteiger partial charge in [-0.05, 0) is 53.5 Å². The fraction of sp³-hybridized carbons (Fsp3) is 0.214. The quantitative estimate of drug-likeness (QED) is 0.891. The Morgan fingerprint density at radius 2 is 2.05 bits per heavy atom. The number of amides is 1. The van der Waals surface area contributed by atoms with Crippen LogP contribution in [0.3, 0.4) is 0 Å². The molecule has 1 atom stereocenters. The van der Waals surface area contributed by atoms with Gasteiger partial charge in [-0.25, -0.2) is 0 Å². The van der Waals surface area contributed by atoms with Crippen LogP contribution in [0.2, 0.25) is 0 Å². The number of nitrogens with two attached hydrogens (primary N) is 1. The lowest BCUT2D eigenvalue weighted by Gasteiger charge is -2.17. The van der Waals surface area contributed by atoms with E-state index in [2.05, 4.69) is 21.2 Å². The third-order valence-electron chi connectivity index (χ3n) is 2.85. The Kier molecular flexibility index (Phi) is 4.27. The molecule has 100 valence electrons. The fourth-order valence-corrected chi connectivity index (χ4v) is 3.34. The predicted octanol–water partition coefficient (Wildman–Crippen LogP) is 3.77. The number of halogens is 1. The zero-order chi connectivity index (χ0) is 14.0. The molecule has 2 aromatic rings. The molecule has 5 heteroatoms. The van der Waals surface area contributed by atoms with Crippen molar-refractivity contribution in [3.8, 4) is 0 Å². The molecular formula is C14H15BrN2OS. The predicted molar refractivity (Wildman–Crippen MR) is 83.5 cm³/mol. The van der Waals surface area contributed by atoms with E-state index in [-0.39, 0.29) is 5.91 Å². The molecule has 0 aliphatic rings. The number of rotatable bonds is 4. The Hall–Kier alpha value is -1.33. The summed E-state index contributed by atoms with van der Waals surface area (Å²) in [6, 6.07) is 9.18. The SMILES string of the molecule is Cc1cc(C(Nc2ccccc2Br)C(N)=O)c(C)s1. The number of aryl methyl sites for hydroxylation is 2. The van der Waals surface area contributed by atoms with Crippen molar-refractivity contribution in [1.82, 2.24) is 0 Å². The van der Waals surface area contributed by atoms with E-state index in [1.807, 2.05) is 44.2 Å². The lowest BCUT2D eigenvalue weighted by molar-refractivity contribution is -0.118. The van der Waals surface area contributed by atoms with Crippen molar-refractivity contribution in [3.05, 3.63) is 50.1 Å². The summed E-state index contributed by atoms with van der Waals surface area (Å²) in [4.78, 5) is 14.0. The molecule has 0 radical (unpaired) electrons. The molecule has 0 saturated carbocycles. The highest BCUT2D eigenvalue weighted by molar-refractivity contribution is 9.10. The minimum Gasteiger partial charge on any atom is -0.369 e. The number of nitrogens with one attached hydrogen (secondary N) is 1. The zero-order valence-corrected chi connectivity index (χ0v) is 13.1. The van der Waals surface area contributed by atoms with Gasteiger partial charge in [-0.1, -0.05) is 12.1 Å². The minimum atomic E-state index is -0.511. The third-order valence-corrected chi connectivity index (χ3v) is 4.52. The molecule has 1 heterocycles. The highest BCUT2D eigenvalue weighted by atomic mass is 79.9. The van der Waals surface area contributed by atoms with E-state index in [4.69, 9.17) is 5.73 Å². The van der Waals surface area contributed by atoms with Crippen molar-refractivity contribution in [2.45, 2.75) is 19.9 Å². The van der Waals surface area contributed by atoms with Gasteiger partial charge < -0.3 is 11.1 Å². The smallest absolute Gasteiger partial charge is 0.244 e. The van der Waals surface area contributed by atoms with Crippen LogP contribution in [0.15, 0.2) is 34.8 Å². The van der Waals surface area contributed by atoms with Gasteiger partial charge in [0.05, 0.1) is 0 Å². The van der Waals surface area contributed by atoms with Crippen molar-refractivity contribution in [3.63, 3.8) is 0 Å². The lowest BCUT2D eigenvalue weighted by atomic mass is 10.1. The Labute approximate surface area is 125 Å².